The van der Waals surface area contributed by atoms with Crippen molar-refractivity contribution in [3.8, 4) is 0 Å². The second-order valence-electron chi connectivity index (χ2n) is 10.1. The Morgan fingerprint density at radius 1 is 1.19 bits per heavy atom. The molecule has 32 heavy (non-hydrogen) atoms. The molecule has 0 saturated carbocycles. The van der Waals surface area contributed by atoms with Crippen LogP contribution in [-0.4, -0.2) is 41.8 Å². The van der Waals surface area contributed by atoms with Crippen molar-refractivity contribution in [2.75, 3.05) is 23.5 Å². The lowest BCUT2D eigenvalue weighted by atomic mass is 9.94. The molecule has 1 unspecified atom stereocenters. The average molecular weight is 451 g/mol. The van der Waals surface area contributed by atoms with Crippen molar-refractivity contribution < 1.29 is 4.74 Å². The number of halogens is 1. The summed E-state index contributed by atoms with van der Waals surface area (Å²) in [5.41, 5.74) is 7.98. The third-order valence-corrected chi connectivity index (χ3v) is 8.13. The number of piperidine rings is 1. The van der Waals surface area contributed by atoms with E-state index in [0.717, 1.165) is 43.9 Å². The zero-order chi connectivity index (χ0) is 22.1. The minimum atomic E-state index is 0.334. The highest BCUT2D eigenvalue weighted by Gasteiger charge is 2.56. The number of anilines is 2. The molecule has 0 N–H and O–H groups in total. The van der Waals surface area contributed by atoms with E-state index in [4.69, 9.17) is 21.3 Å². The maximum Gasteiger partial charge on any atom is 0.224 e. The Balaban J connectivity index is 1.38. The van der Waals surface area contributed by atoms with Crippen LogP contribution in [0.5, 0.6) is 0 Å². The van der Waals surface area contributed by atoms with E-state index in [1.807, 2.05) is 7.11 Å². The van der Waals surface area contributed by atoms with Crippen LogP contribution in [0.25, 0.3) is 0 Å². The number of benzene rings is 1. The van der Waals surface area contributed by atoms with Crippen LogP contribution in [0.4, 0.5) is 11.5 Å². The van der Waals surface area contributed by atoms with Crippen LogP contribution in [0.3, 0.4) is 0 Å². The SMILES string of the molecule is CO[C@@H]1C[C@@H]2C3C=C3[C@H](C1)N2c1nc(Cl)nc2c1CN(c1cc(C(C)C)ccc1C)CC2. The lowest BCUT2D eigenvalue weighted by molar-refractivity contribution is 0.0671. The number of hydrogen-bond donors (Lipinski definition) is 0. The molecule has 0 spiro atoms. The van der Waals surface area contributed by atoms with Gasteiger partial charge in [0.1, 0.15) is 5.82 Å². The first-order valence-corrected chi connectivity index (χ1v) is 12.3. The Bertz CT molecular complexity index is 1110. The Hall–Kier alpha value is -2.11. The number of hydrogen-bond acceptors (Lipinski definition) is 5. The molecule has 2 aromatic rings. The first-order valence-electron chi connectivity index (χ1n) is 11.9. The molecule has 1 aliphatic carbocycles. The number of rotatable bonds is 4. The molecule has 0 radical (unpaired) electrons. The number of methoxy groups -OCH3 is 1. The van der Waals surface area contributed by atoms with Gasteiger partial charge in [0.25, 0.3) is 0 Å². The zero-order valence-electron chi connectivity index (χ0n) is 19.3. The third-order valence-electron chi connectivity index (χ3n) is 7.96. The monoisotopic (exact) mass is 450 g/mol. The van der Waals surface area contributed by atoms with Gasteiger partial charge in [0.05, 0.1) is 17.8 Å². The lowest BCUT2D eigenvalue weighted by Crippen LogP contribution is -2.49. The molecule has 4 atom stereocenters. The molecule has 168 valence electrons. The van der Waals surface area contributed by atoms with Gasteiger partial charge in [-0.05, 0) is 60.1 Å². The van der Waals surface area contributed by atoms with E-state index >= 15 is 0 Å². The van der Waals surface area contributed by atoms with Crippen LogP contribution in [0, 0.1) is 12.8 Å². The summed E-state index contributed by atoms with van der Waals surface area (Å²) in [6, 6.07) is 7.71. The molecule has 4 heterocycles. The van der Waals surface area contributed by atoms with E-state index in [-0.39, 0.29) is 0 Å². The minimum absolute atomic E-state index is 0.334. The molecule has 6 heteroatoms. The number of aromatic nitrogens is 2. The van der Waals surface area contributed by atoms with Crippen LogP contribution >= 0.6 is 11.6 Å². The van der Waals surface area contributed by atoms with Gasteiger partial charge in [0.2, 0.25) is 5.28 Å². The highest BCUT2D eigenvalue weighted by molar-refractivity contribution is 6.28. The molecule has 2 bridgehead atoms. The summed E-state index contributed by atoms with van der Waals surface area (Å²) in [6.45, 7) is 8.51. The van der Waals surface area contributed by atoms with E-state index < -0.39 is 0 Å². The van der Waals surface area contributed by atoms with Crippen molar-refractivity contribution in [3.05, 3.63) is 57.5 Å². The first-order chi connectivity index (χ1) is 15.4. The summed E-state index contributed by atoms with van der Waals surface area (Å²) >= 11 is 6.45. The fourth-order valence-electron chi connectivity index (χ4n) is 6.12. The average Bonchev–Trinajstić information content (AvgIpc) is 3.55. The van der Waals surface area contributed by atoms with E-state index in [2.05, 4.69) is 59.8 Å². The van der Waals surface area contributed by atoms with Crippen LogP contribution in [-0.2, 0) is 17.7 Å². The normalized spacial score (nSPS) is 28.0. The smallest absolute Gasteiger partial charge is 0.224 e. The van der Waals surface area contributed by atoms with Gasteiger partial charge in [-0.2, -0.15) is 0 Å². The Morgan fingerprint density at radius 3 is 2.78 bits per heavy atom. The van der Waals surface area contributed by atoms with E-state index in [1.165, 1.54) is 22.4 Å². The van der Waals surface area contributed by atoms with Gasteiger partial charge in [0, 0.05) is 49.8 Å². The quantitative estimate of drug-likeness (QED) is 0.481. The summed E-state index contributed by atoms with van der Waals surface area (Å²) in [4.78, 5) is 14.6. The third kappa shape index (κ3) is 3.16. The van der Waals surface area contributed by atoms with Gasteiger partial charge < -0.3 is 14.5 Å². The molecule has 4 aliphatic rings. The van der Waals surface area contributed by atoms with Gasteiger partial charge in [-0.15, -0.1) is 0 Å². The maximum atomic E-state index is 6.45. The summed E-state index contributed by atoms with van der Waals surface area (Å²) in [5, 5.41) is 0.376. The molecular formula is C26H31ClN4O. The van der Waals surface area contributed by atoms with Crippen molar-refractivity contribution in [1.29, 1.82) is 0 Å². The maximum absolute atomic E-state index is 6.45. The van der Waals surface area contributed by atoms with E-state index in [9.17, 15) is 0 Å². The number of fused-ring (bicyclic) bond motifs is 6. The van der Waals surface area contributed by atoms with Crippen molar-refractivity contribution >= 4 is 23.1 Å². The predicted octanol–water partition coefficient (Wildman–Crippen LogP) is 5.05. The van der Waals surface area contributed by atoms with Gasteiger partial charge in [-0.25, -0.2) is 9.97 Å². The Morgan fingerprint density at radius 2 is 2.03 bits per heavy atom. The van der Waals surface area contributed by atoms with Crippen LogP contribution in [0.1, 0.15) is 55.0 Å². The summed E-state index contributed by atoms with van der Waals surface area (Å²) in [6.07, 6.45) is 5.76. The molecule has 1 aromatic carbocycles. The van der Waals surface area contributed by atoms with E-state index in [0.29, 0.717) is 35.3 Å². The van der Waals surface area contributed by atoms with Crippen LogP contribution in [0.15, 0.2) is 29.8 Å². The van der Waals surface area contributed by atoms with Crippen molar-refractivity contribution in [2.45, 2.75) is 70.7 Å². The summed E-state index contributed by atoms with van der Waals surface area (Å²) in [7, 11) is 1.84. The van der Waals surface area contributed by atoms with Gasteiger partial charge in [-0.1, -0.05) is 32.1 Å². The largest absolute Gasteiger partial charge is 0.381 e. The molecule has 1 aromatic heterocycles. The number of nitrogens with zero attached hydrogens (tertiary/aromatic N) is 4. The molecule has 3 aliphatic heterocycles. The second kappa shape index (κ2) is 7.46. The predicted molar refractivity (Wildman–Crippen MR) is 129 cm³/mol. The molecular weight excluding hydrogens is 420 g/mol. The first kappa shape index (κ1) is 20.5. The number of aryl methyl sites for hydroxylation is 1. The fourth-order valence-corrected chi connectivity index (χ4v) is 6.31. The van der Waals surface area contributed by atoms with Gasteiger partial charge in [-0.3, -0.25) is 0 Å². The number of ether oxygens (including phenoxy) is 1. The highest BCUT2D eigenvalue weighted by Crippen LogP contribution is 2.55. The minimum Gasteiger partial charge on any atom is -0.381 e. The molecule has 2 fully saturated rings. The topological polar surface area (TPSA) is 41.5 Å². The van der Waals surface area contributed by atoms with E-state index in [1.54, 1.807) is 5.57 Å². The molecule has 2 saturated heterocycles. The summed E-state index contributed by atoms with van der Waals surface area (Å²) < 4.78 is 5.76. The molecule has 0 amide bonds. The molecule has 5 nitrogen and oxygen atoms in total. The fraction of sp³-hybridized carbons (Fsp3) is 0.538. The Kier molecular flexibility index (Phi) is 4.78. The second-order valence-corrected chi connectivity index (χ2v) is 10.5. The standard InChI is InChI=1S/C26H31ClN4O/c1-14(2)16-6-5-15(3)22(9-16)30-8-7-21-20(13-30)25(29-26(27)28-21)31-23-10-17(32-4)11-24(31)19-12-18(19)23/h5-6,9,12,14,17-18,23-24H,7-8,10-11,13H2,1-4H3/t17-,18?,23-,24+/m1/s1. The van der Waals surface area contributed by atoms with Gasteiger partial charge in [0.15, 0.2) is 0 Å². The molecule has 6 rings (SSSR count). The highest BCUT2D eigenvalue weighted by atomic mass is 35.5. The van der Waals surface area contributed by atoms with Crippen molar-refractivity contribution in [3.63, 3.8) is 0 Å². The van der Waals surface area contributed by atoms with Gasteiger partial charge >= 0.3 is 0 Å². The van der Waals surface area contributed by atoms with Crippen LogP contribution < -0.4 is 9.80 Å². The Labute approximate surface area is 195 Å². The van der Waals surface area contributed by atoms with Crippen LogP contribution in [0.2, 0.25) is 5.28 Å². The van der Waals surface area contributed by atoms with Crippen molar-refractivity contribution in [1.82, 2.24) is 9.97 Å². The lowest BCUT2D eigenvalue weighted by Gasteiger charge is -2.42. The zero-order valence-corrected chi connectivity index (χ0v) is 20.1. The van der Waals surface area contributed by atoms with Crippen molar-refractivity contribution in [2.24, 2.45) is 5.92 Å². The summed E-state index contributed by atoms with van der Waals surface area (Å²) in [5.74, 6) is 2.16.